The fourth-order valence-corrected chi connectivity index (χ4v) is 3.67. The normalized spacial score (nSPS) is 16.0. The zero-order chi connectivity index (χ0) is 15.3. The van der Waals surface area contributed by atoms with Crippen LogP contribution in [0, 0.1) is 0 Å². The van der Waals surface area contributed by atoms with E-state index in [4.69, 9.17) is 11.5 Å². The number of anilines is 2. The quantitative estimate of drug-likeness (QED) is 0.584. The smallest absolute Gasteiger partial charge is 0.240 e. The highest BCUT2D eigenvalue weighted by Gasteiger charge is 2.17. The Kier molecular flexibility index (Phi) is 7.41. The van der Waals surface area contributed by atoms with Crippen LogP contribution in [0.2, 0.25) is 0 Å². The van der Waals surface area contributed by atoms with E-state index in [0.29, 0.717) is 11.7 Å². The summed E-state index contributed by atoms with van der Waals surface area (Å²) >= 11 is 0. The summed E-state index contributed by atoms with van der Waals surface area (Å²) < 4.78 is 26.4. The van der Waals surface area contributed by atoms with Crippen LogP contribution < -0.4 is 21.5 Å². The lowest BCUT2D eigenvalue weighted by atomic mass is 9.95. The Bertz CT molecular complexity index is 574. The molecule has 22 heavy (non-hydrogen) atoms. The fourth-order valence-electron chi connectivity index (χ4n) is 2.58. The zero-order valence-electron chi connectivity index (χ0n) is 12.5. The molecular formula is C14H25ClN4O2S. The van der Waals surface area contributed by atoms with Crippen LogP contribution in [0.3, 0.4) is 0 Å². The minimum atomic E-state index is -3.53. The first-order chi connectivity index (χ1) is 10.0. The van der Waals surface area contributed by atoms with E-state index >= 15 is 0 Å². The van der Waals surface area contributed by atoms with Crippen molar-refractivity contribution in [1.29, 1.82) is 0 Å². The lowest BCUT2D eigenvalue weighted by molar-refractivity contribution is 0.463. The summed E-state index contributed by atoms with van der Waals surface area (Å²) in [6.45, 7) is 0.473. The molecule has 0 atom stereocenters. The third-order valence-corrected chi connectivity index (χ3v) is 5.19. The molecule has 1 fully saturated rings. The third kappa shape index (κ3) is 5.01. The molecule has 0 radical (unpaired) electrons. The van der Waals surface area contributed by atoms with Crippen molar-refractivity contribution in [3.05, 3.63) is 18.2 Å². The van der Waals surface area contributed by atoms with Crippen molar-refractivity contribution >= 4 is 33.8 Å². The minimum Gasteiger partial charge on any atom is -0.397 e. The van der Waals surface area contributed by atoms with Crippen molar-refractivity contribution in [3.8, 4) is 0 Å². The van der Waals surface area contributed by atoms with Gasteiger partial charge in [0.15, 0.2) is 0 Å². The molecule has 6 nitrogen and oxygen atoms in total. The number of sulfonamides is 1. The second-order valence-corrected chi connectivity index (χ2v) is 7.18. The van der Waals surface area contributed by atoms with Gasteiger partial charge in [-0.1, -0.05) is 19.3 Å². The second-order valence-electron chi connectivity index (χ2n) is 5.41. The van der Waals surface area contributed by atoms with E-state index < -0.39 is 10.0 Å². The molecule has 0 bridgehead atoms. The standard InChI is InChI=1S/C14H24N4O2S.ClH/c15-8-9-17-21(19,20)12-6-7-14(13(16)10-12)18-11-4-2-1-3-5-11;/h6-7,10-11,17-18H,1-5,8-9,15-16H2;1H. The topological polar surface area (TPSA) is 110 Å². The van der Waals surface area contributed by atoms with E-state index in [1.54, 1.807) is 12.1 Å². The summed E-state index contributed by atoms with van der Waals surface area (Å²) in [5.41, 5.74) is 12.6. The maximum atomic E-state index is 12.0. The van der Waals surface area contributed by atoms with Gasteiger partial charge in [0.05, 0.1) is 16.3 Å². The SMILES string of the molecule is Cl.NCCNS(=O)(=O)c1ccc(NC2CCCCC2)c(N)c1. The van der Waals surface area contributed by atoms with E-state index in [1.165, 1.54) is 25.3 Å². The number of benzene rings is 1. The lowest BCUT2D eigenvalue weighted by Crippen LogP contribution is -2.29. The lowest BCUT2D eigenvalue weighted by Gasteiger charge is -2.24. The predicted octanol–water partition coefficient (Wildman–Crippen LogP) is 1.67. The Morgan fingerprint density at radius 1 is 1.18 bits per heavy atom. The summed E-state index contributed by atoms with van der Waals surface area (Å²) in [6, 6.07) is 5.23. The molecule has 1 aliphatic rings. The van der Waals surface area contributed by atoms with Crippen molar-refractivity contribution in [1.82, 2.24) is 4.72 Å². The first kappa shape index (κ1) is 19.0. The molecular weight excluding hydrogens is 324 g/mol. The Morgan fingerprint density at radius 2 is 1.86 bits per heavy atom. The van der Waals surface area contributed by atoms with Gasteiger partial charge >= 0.3 is 0 Å². The highest BCUT2D eigenvalue weighted by atomic mass is 35.5. The van der Waals surface area contributed by atoms with Crippen LogP contribution in [-0.2, 0) is 10.0 Å². The summed E-state index contributed by atoms with van der Waals surface area (Å²) in [4.78, 5) is 0.169. The second kappa shape index (κ2) is 8.57. The van der Waals surface area contributed by atoms with Crippen LogP contribution in [0.15, 0.2) is 23.1 Å². The number of halogens is 1. The van der Waals surface area contributed by atoms with Crippen LogP contribution in [-0.4, -0.2) is 27.5 Å². The summed E-state index contributed by atoms with van der Waals surface area (Å²) in [5.74, 6) is 0. The Hall–Kier alpha value is -1.02. The molecule has 126 valence electrons. The zero-order valence-corrected chi connectivity index (χ0v) is 14.2. The molecule has 1 aromatic carbocycles. The van der Waals surface area contributed by atoms with Crippen LogP contribution in [0.25, 0.3) is 0 Å². The van der Waals surface area contributed by atoms with Gasteiger partial charge in [-0.15, -0.1) is 12.4 Å². The van der Waals surface area contributed by atoms with Crippen molar-refractivity contribution in [2.45, 2.75) is 43.0 Å². The number of nitrogens with one attached hydrogen (secondary N) is 2. The van der Waals surface area contributed by atoms with Gasteiger partial charge < -0.3 is 16.8 Å². The van der Waals surface area contributed by atoms with Crippen molar-refractivity contribution in [3.63, 3.8) is 0 Å². The molecule has 1 aromatic rings. The molecule has 0 unspecified atom stereocenters. The van der Waals surface area contributed by atoms with Gasteiger partial charge in [0.2, 0.25) is 10.0 Å². The highest BCUT2D eigenvalue weighted by Crippen LogP contribution is 2.27. The van der Waals surface area contributed by atoms with Crippen LogP contribution >= 0.6 is 12.4 Å². The number of hydrogen-bond acceptors (Lipinski definition) is 5. The van der Waals surface area contributed by atoms with Crippen LogP contribution in [0.5, 0.6) is 0 Å². The minimum absolute atomic E-state index is 0. The van der Waals surface area contributed by atoms with Crippen LogP contribution in [0.4, 0.5) is 11.4 Å². The van der Waals surface area contributed by atoms with E-state index in [0.717, 1.165) is 18.5 Å². The maximum absolute atomic E-state index is 12.0. The van der Waals surface area contributed by atoms with E-state index in [2.05, 4.69) is 10.0 Å². The molecule has 8 heteroatoms. The summed E-state index contributed by atoms with van der Waals surface area (Å²) in [7, 11) is -3.53. The molecule has 0 heterocycles. The number of nitrogen functional groups attached to an aromatic ring is 1. The fraction of sp³-hybridized carbons (Fsp3) is 0.571. The maximum Gasteiger partial charge on any atom is 0.240 e. The molecule has 2 rings (SSSR count). The average Bonchev–Trinajstić information content (AvgIpc) is 2.48. The molecule has 6 N–H and O–H groups in total. The first-order valence-corrected chi connectivity index (χ1v) is 8.87. The van der Waals surface area contributed by atoms with Gasteiger partial charge in [0, 0.05) is 19.1 Å². The van der Waals surface area contributed by atoms with Gasteiger partial charge in [-0.2, -0.15) is 0 Å². The molecule has 0 aromatic heterocycles. The van der Waals surface area contributed by atoms with Gasteiger partial charge in [0.1, 0.15) is 0 Å². The number of rotatable bonds is 6. The van der Waals surface area contributed by atoms with Crippen molar-refractivity contribution in [2.24, 2.45) is 5.73 Å². The van der Waals surface area contributed by atoms with Crippen LogP contribution in [0.1, 0.15) is 32.1 Å². The summed E-state index contributed by atoms with van der Waals surface area (Å²) in [6.07, 6.45) is 6.02. The van der Waals surface area contributed by atoms with Gasteiger partial charge in [0.25, 0.3) is 0 Å². The Morgan fingerprint density at radius 3 is 2.45 bits per heavy atom. The molecule has 0 spiro atoms. The van der Waals surface area contributed by atoms with Crippen molar-refractivity contribution in [2.75, 3.05) is 24.1 Å². The van der Waals surface area contributed by atoms with E-state index in [9.17, 15) is 8.42 Å². The van der Waals surface area contributed by atoms with Crippen molar-refractivity contribution < 1.29 is 8.42 Å². The molecule has 0 aliphatic heterocycles. The Balaban J connectivity index is 0.00000242. The number of nitrogens with two attached hydrogens (primary N) is 2. The van der Waals surface area contributed by atoms with Gasteiger partial charge in [-0.3, -0.25) is 0 Å². The molecule has 0 saturated heterocycles. The monoisotopic (exact) mass is 348 g/mol. The summed E-state index contributed by atoms with van der Waals surface area (Å²) in [5, 5.41) is 3.41. The largest absolute Gasteiger partial charge is 0.397 e. The van der Waals surface area contributed by atoms with E-state index in [1.807, 2.05) is 0 Å². The van der Waals surface area contributed by atoms with E-state index in [-0.39, 0.29) is 30.4 Å². The third-order valence-electron chi connectivity index (χ3n) is 3.73. The van der Waals surface area contributed by atoms with Gasteiger partial charge in [-0.05, 0) is 31.0 Å². The molecule has 0 amide bonds. The Labute approximate surface area is 138 Å². The molecule has 1 saturated carbocycles. The highest BCUT2D eigenvalue weighted by molar-refractivity contribution is 7.89. The predicted molar refractivity (Wildman–Crippen MR) is 92.8 cm³/mol. The average molecular weight is 349 g/mol. The first-order valence-electron chi connectivity index (χ1n) is 7.39. The van der Waals surface area contributed by atoms with Gasteiger partial charge in [-0.25, -0.2) is 13.1 Å². The number of hydrogen-bond donors (Lipinski definition) is 4. The molecule has 1 aliphatic carbocycles.